The number of nitrogens with zero attached hydrogens (tertiary/aromatic N) is 6. The summed E-state index contributed by atoms with van der Waals surface area (Å²) < 4.78 is 4.02. The van der Waals surface area contributed by atoms with Crippen LogP contribution in [0.5, 0.6) is 0 Å². The summed E-state index contributed by atoms with van der Waals surface area (Å²) in [4.78, 5) is 7.90. The lowest BCUT2D eigenvalue weighted by atomic mass is 10.2. The number of hydrogen-bond acceptors (Lipinski definition) is 5. The zero-order chi connectivity index (χ0) is 15.3. The number of imidazole rings is 1. The van der Waals surface area contributed by atoms with Crippen molar-refractivity contribution in [1.29, 1.82) is 0 Å². The van der Waals surface area contributed by atoms with Crippen molar-refractivity contribution < 1.29 is 0 Å². The van der Waals surface area contributed by atoms with Crippen LogP contribution in [-0.4, -0.2) is 37.0 Å². The third-order valence-electron chi connectivity index (χ3n) is 4.26. The number of fused-ring (bicyclic) bond motifs is 1. The molecule has 0 N–H and O–H groups in total. The molecule has 4 rings (SSSR count). The van der Waals surface area contributed by atoms with Crippen LogP contribution in [0, 0.1) is 20.8 Å². The summed E-state index contributed by atoms with van der Waals surface area (Å²) in [6, 6.07) is 2.61. The highest BCUT2D eigenvalue weighted by molar-refractivity contribution is 7.20. The lowest BCUT2D eigenvalue weighted by Gasteiger charge is -2.24. The number of aryl methyl sites for hydroxylation is 3. The second kappa shape index (κ2) is 5.08. The van der Waals surface area contributed by atoms with Crippen molar-refractivity contribution in [3.8, 4) is 0 Å². The minimum Gasteiger partial charge on any atom is -0.342 e. The van der Waals surface area contributed by atoms with Gasteiger partial charge in [0.05, 0.1) is 30.2 Å². The quantitative estimate of drug-likeness (QED) is 0.745. The maximum absolute atomic E-state index is 4.70. The first-order valence-corrected chi connectivity index (χ1v) is 8.52. The van der Waals surface area contributed by atoms with Crippen LogP contribution in [-0.2, 0) is 6.54 Å². The summed E-state index contributed by atoms with van der Waals surface area (Å²) in [5, 5.41) is 10.4. The maximum Gasteiger partial charge on any atom is 0.214 e. The van der Waals surface area contributed by atoms with Crippen LogP contribution >= 0.6 is 11.3 Å². The van der Waals surface area contributed by atoms with Crippen molar-refractivity contribution in [2.45, 2.75) is 46.2 Å². The zero-order valence-corrected chi connectivity index (χ0v) is 14.0. The summed E-state index contributed by atoms with van der Waals surface area (Å²) in [7, 11) is 0. The van der Waals surface area contributed by atoms with Gasteiger partial charge in [-0.1, -0.05) is 11.3 Å². The summed E-state index contributed by atoms with van der Waals surface area (Å²) in [6.45, 7) is 8.18. The van der Waals surface area contributed by atoms with E-state index in [1.807, 2.05) is 24.6 Å². The minimum absolute atomic E-state index is 0.468. The number of anilines is 1. The molecule has 0 radical (unpaired) electrons. The topological polar surface area (TPSA) is 51.2 Å². The molecule has 6 nitrogen and oxygen atoms in total. The standard InChI is InChI=1S/C15H20N6S/c1-10-7-12(3)20(17-10)9-13-5-4-6-19(13)15-18-21-8-11(2)16-14(21)22-15/h7-8,13H,4-6,9H2,1-3H3/t13-/m0/s1. The van der Waals surface area contributed by atoms with E-state index in [0.29, 0.717) is 6.04 Å². The van der Waals surface area contributed by atoms with Gasteiger partial charge in [-0.2, -0.15) is 5.10 Å². The first-order valence-electron chi connectivity index (χ1n) is 7.70. The Balaban J connectivity index is 1.59. The third kappa shape index (κ3) is 2.29. The van der Waals surface area contributed by atoms with Crippen LogP contribution in [0.3, 0.4) is 0 Å². The first kappa shape index (κ1) is 13.8. The molecule has 7 heteroatoms. The van der Waals surface area contributed by atoms with E-state index in [9.17, 15) is 0 Å². The Hall–Kier alpha value is -1.89. The highest BCUT2D eigenvalue weighted by atomic mass is 32.1. The van der Waals surface area contributed by atoms with Crippen LogP contribution in [0.1, 0.15) is 29.9 Å². The van der Waals surface area contributed by atoms with Gasteiger partial charge in [0.25, 0.3) is 0 Å². The Labute approximate surface area is 133 Å². The third-order valence-corrected chi connectivity index (χ3v) is 5.22. The van der Waals surface area contributed by atoms with Crippen molar-refractivity contribution >= 4 is 21.4 Å². The van der Waals surface area contributed by atoms with Crippen molar-refractivity contribution in [3.05, 3.63) is 29.3 Å². The van der Waals surface area contributed by atoms with E-state index in [1.165, 1.54) is 18.5 Å². The van der Waals surface area contributed by atoms with Crippen molar-refractivity contribution in [1.82, 2.24) is 24.4 Å². The van der Waals surface area contributed by atoms with Gasteiger partial charge in [0.15, 0.2) is 0 Å². The predicted molar refractivity (Wildman–Crippen MR) is 87.7 cm³/mol. The highest BCUT2D eigenvalue weighted by Crippen LogP contribution is 2.30. The van der Waals surface area contributed by atoms with Crippen molar-refractivity contribution in [3.63, 3.8) is 0 Å². The molecule has 1 aliphatic rings. The van der Waals surface area contributed by atoms with E-state index in [-0.39, 0.29) is 0 Å². The molecule has 0 aliphatic carbocycles. The van der Waals surface area contributed by atoms with Crippen molar-refractivity contribution in [2.24, 2.45) is 0 Å². The highest BCUT2D eigenvalue weighted by Gasteiger charge is 2.28. The predicted octanol–water partition coefficient (Wildman–Crippen LogP) is 2.58. The molecule has 0 aromatic carbocycles. The number of rotatable bonds is 3. The molecule has 0 bridgehead atoms. The molecule has 0 saturated carbocycles. The Kier molecular flexibility index (Phi) is 3.18. The average molecular weight is 316 g/mol. The fraction of sp³-hybridized carbons (Fsp3) is 0.533. The molecule has 4 heterocycles. The normalized spacial score (nSPS) is 18.7. The van der Waals surface area contributed by atoms with E-state index >= 15 is 0 Å². The van der Waals surface area contributed by atoms with Gasteiger partial charge in [-0.05, 0) is 39.7 Å². The van der Waals surface area contributed by atoms with E-state index in [4.69, 9.17) is 5.10 Å². The molecular weight excluding hydrogens is 296 g/mol. The van der Waals surface area contributed by atoms with Gasteiger partial charge < -0.3 is 4.90 Å². The molecule has 3 aromatic heterocycles. The fourth-order valence-electron chi connectivity index (χ4n) is 3.25. The van der Waals surface area contributed by atoms with Crippen LogP contribution < -0.4 is 4.90 Å². The monoisotopic (exact) mass is 316 g/mol. The van der Waals surface area contributed by atoms with Crippen LogP contribution in [0.2, 0.25) is 0 Å². The number of aromatic nitrogens is 5. The summed E-state index contributed by atoms with van der Waals surface area (Å²) >= 11 is 1.68. The molecule has 116 valence electrons. The van der Waals surface area contributed by atoms with Crippen molar-refractivity contribution in [2.75, 3.05) is 11.4 Å². The molecule has 1 aliphatic heterocycles. The molecule has 0 amide bonds. The Morgan fingerprint density at radius 2 is 2.09 bits per heavy atom. The second-order valence-electron chi connectivity index (χ2n) is 6.09. The first-order chi connectivity index (χ1) is 10.6. The Morgan fingerprint density at radius 1 is 1.23 bits per heavy atom. The lowest BCUT2D eigenvalue weighted by molar-refractivity contribution is 0.497. The molecule has 1 fully saturated rings. The minimum atomic E-state index is 0.468. The lowest BCUT2D eigenvalue weighted by Crippen LogP contribution is -2.33. The molecule has 1 saturated heterocycles. The van der Waals surface area contributed by atoms with Crippen LogP contribution in [0.15, 0.2) is 12.3 Å². The summed E-state index contributed by atoms with van der Waals surface area (Å²) in [6.07, 6.45) is 4.39. The van der Waals surface area contributed by atoms with Gasteiger partial charge in [0, 0.05) is 12.2 Å². The van der Waals surface area contributed by atoms with Gasteiger partial charge in [-0.3, -0.25) is 4.68 Å². The van der Waals surface area contributed by atoms with Gasteiger partial charge in [0.2, 0.25) is 10.1 Å². The largest absolute Gasteiger partial charge is 0.342 e. The Bertz CT molecular complexity index is 782. The van der Waals surface area contributed by atoms with Crippen LogP contribution in [0.4, 0.5) is 5.13 Å². The van der Waals surface area contributed by atoms with Gasteiger partial charge in [0.1, 0.15) is 0 Å². The molecule has 22 heavy (non-hydrogen) atoms. The fourth-order valence-corrected chi connectivity index (χ4v) is 4.28. The molecule has 0 unspecified atom stereocenters. The second-order valence-corrected chi connectivity index (χ2v) is 7.03. The van der Waals surface area contributed by atoms with Gasteiger partial charge in [-0.15, -0.1) is 5.10 Å². The molecular formula is C15H20N6S. The number of hydrogen-bond donors (Lipinski definition) is 0. The maximum atomic E-state index is 4.70. The smallest absolute Gasteiger partial charge is 0.214 e. The van der Waals surface area contributed by atoms with E-state index < -0.39 is 0 Å². The SMILES string of the molecule is Cc1cn2nc(N3CCC[C@H]3Cn3nc(C)cc3C)sc2n1. The summed E-state index contributed by atoms with van der Waals surface area (Å²) in [5.41, 5.74) is 3.34. The van der Waals surface area contributed by atoms with Gasteiger partial charge in [-0.25, -0.2) is 9.50 Å². The zero-order valence-electron chi connectivity index (χ0n) is 13.2. The average Bonchev–Trinajstić information content (AvgIpc) is 3.15. The molecule has 0 spiro atoms. The van der Waals surface area contributed by atoms with E-state index in [2.05, 4.69) is 32.7 Å². The molecule has 1 atom stereocenters. The Morgan fingerprint density at radius 3 is 2.82 bits per heavy atom. The summed E-state index contributed by atoms with van der Waals surface area (Å²) in [5.74, 6) is 0. The van der Waals surface area contributed by atoms with Gasteiger partial charge >= 0.3 is 0 Å². The van der Waals surface area contributed by atoms with Crippen LogP contribution in [0.25, 0.3) is 4.96 Å². The van der Waals surface area contributed by atoms with E-state index in [1.54, 1.807) is 11.3 Å². The molecule has 3 aromatic rings. The van der Waals surface area contributed by atoms with E-state index in [0.717, 1.165) is 34.6 Å².